The summed E-state index contributed by atoms with van der Waals surface area (Å²) in [7, 11) is 4.06. The van der Waals surface area contributed by atoms with Gasteiger partial charge in [0.15, 0.2) is 0 Å². The molecule has 3 aliphatic heterocycles. The standard InChI is InChI=1S/2C10H15N.C9H13N.2C2H6/c1-8(2)10-7-11(4)6-5-9(10)3;1-8(2)10-6-5-7-11(4)9(10)3;1-8(2)10-7-5-4-6-9(10)3;2*1-2/h2*5-8H,3H2,1-2,4H3;4-8H,3H2,1-2H3;2*1-2H3. The van der Waals surface area contributed by atoms with Crippen molar-refractivity contribution in [1.82, 2.24) is 14.7 Å². The van der Waals surface area contributed by atoms with Crippen LogP contribution in [0.4, 0.5) is 0 Å². The van der Waals surface area contributed by atoms with Crippen molar-refractivity contribution >= 4 is 0 Å². The molecule has 0 amide bonds. The minimum absolute atomic E-state index is 0.508. The van der Waals surface area contributed by atoms with Crippen molar-refractivity contribution in [1.29, 1.82) is 0 Å². The molecule has 0 fully saturated rings. The van der Waals surface area contributed by atoms with Gasteiger partial charge in [-0.25, -0.2) is 0 Å². The monoisotopic (exact) mass is 493 g/mol. The van der Waals surface area contributed by atoms with Crippen LogP contribution in [0.3, 0.4) is 0 Å². The lowest BCUT2D eigenvalue weighted by Crippen LogP contribution is -2.24. The summed E-state index contributed by atoms with van der Waals surface area (Å²) < 4.78 is 0. The number of hydrogen-bond donors (Lipinski definition) is 0. The Kier molecular flexibility index (Phi) is 18.9. The van der Waals surface area contributed by atoms with Crippen molar-refractivity contribution in [2.45, 2.75) is 75.3 Å². The molecule has 0 radical (unpaired) electrons. The molecule has 0 unspecified atom stereocenters. The molecule has 3 heterocycles. The number of allylic oxidation sites excluding steroid dienone is 9. The zero-order chi connectivity index (χ0) is 28.4. The molecule has 3 rings (SSSR count). The smallest absolute Gasteiger partial charge is 0.0365 e. The molecular weight excluding hydrogens is 438 g/mol. The van der Waals surface area contributed by atoms with E-state index in [4.69, 9.17) is 0 Å². The molecule has 36 heavy (non-hydrogen) atoms. The molecule has 0 aromatic rings. The molecule has 0 saturated carbocycles. The highest BCUT2D eigenvalue weighted by atomic mass is 15.1. The second kappa shape index (κ2) is 19.3. The van der Waals surface area contributed by atoms with Crippen LogP contribution in [0.2, 0.25) is 0 Å². The molecule has 0 spiro atoms. The van der Waals surface area contributed by atoms with E-state index in [0.29, 0.717) is 17.9 Å². The van der Waals surface area contributed by atoms with Gasteiger partial charge in [0.2, 0.25) is 0 Å². The first kappa shape index (κ1) is 35.2. The molecule has 0 saturated heterocycles. The summed E-state index contributed by atoms with van der Waals surface area (Å²) in [6.07, 6.45) is 20.5. The van der Waals surface area contributed by atoms with E-state index in [1.165, 1.54) is 11.1 Å². The van der Waals surface area contributed by atoms with Crippen LogP contribution < -0.4 is 0 Å². The largest absolute Gasteiger partial charge is 0.357 e. The first-order chi connectivity index (χ1) is 17.0. The highest BCUT2D eigenvalue weighted by Crippen LogP contribution is 2.24. The SMILES string of the molecule is C=C1C(C(C)C)=CC=CN1C.C=C1C=CC=CN1C(C)C.C=C1C=CN(C)C=C1C(C)C.CC.CC. The molecular formula is C33H55N3. The predicted octanol–water partition coefficient (Wildman–Crippen LogP) is 9.43. The van der Waals surface area contributed by atoms with Crippen LogP contribution in [-0.4, -0.2) is 34.8 Å². The Morgan fingerprint density at radius 1 is 0.667 bits per heavy atom. The molecule has 0 aliphatic carbocycles. The number of likely N-dealkylation sites (N-methyl/N-ethyl adjacent to an activating group) is 1. The third-order valence-corrected chi connectivity index (χ3v) is 5.35. The summed E-state index contributed by atoms with van der Waals surface area (Å²) in [6, 6.07) is 0.508. The second-order valence-corrected chi connectivity index (χ2v) is 9.11. The van der Waals surface area contributed by atoms with E-state index in [1.807, 2.05) is 78.6 Å². The van der Waals surface area contributed by atoms with Gasteiger partial charge in [0.25, 0.3) is 0 Å². The van der Waals surface area contributed by atoms with Crippen LogP contribution >= 0.6 is 0 Å². The summed E-state index contributed by atoms with van der Waals surface area (Å²) in [5, 5.41) is 0. The first-order valence-electron chi connectivity index (χ1n) is 13.4. The second-order valence-electron chi connectivity index (χ2n) is 9.11. The van der Waals surface area contributed by atoms with Gasteiger partial charge in [-0.2, -0.15) is 0 Å². The maximum atomic E-state index is 4.00. The zero-order valence-electron chi connectivity index (χ0n) is 25.5. The fourth-order valence-corrected chi connectivity index (χ4v) is 3.35. The molecule has 0 aromatic carbocycles. The predicted molar refractivity (Wildman–Crippen MR) is 165 cm³/mol. The van der Waals surface area contributed by atoms with E-state index in [0.717, 1.165) is 17.0 Å². The number of nitrogens with zero attached hydrogens (tertiary/aromatic N) is 3. The number of hydrogen-bond acceptors (Lipinski definition) is 3. The van der Waals surface area contributed by atoms with E-state index in [-0.39, 0.29) is 0 Å². The van der Waals surface area contributed by atoms with Gasteiger partial charge >= 0.3 is 0 Å². The maximum Gasteiger partial charge on any atom is 0.0365 e. The van der Waals surface area contributed by atoms with Crippen molar-refractivity contribution < 1.29 is 0 Å². The Morgan fingerprint density at radius 3 is 1.61 bits per heavy atom. The molecule has 0 atom stereocenters. The van der Waals surface area contributed by atoms with Crippen molar-refractivity contribution in [3.63, 3.8) is 0 Å². The fraction of sp³-hybridized carbons (Fsp3) is 0.455. The van der Waals surface area contributed by atoms with Crippen LogP contribution in [0.1, 0.15) is 69.2 Å². The number of rotatable bonds is 3. The average Bonchev–Trinajstić information content (AvgIpc) is 2.85. The molecule has 0 N–H and O–H groups in total. The van der Waals surface area contributed by atoms with Crippen molar-refractivity contribution in [3.8, 4) is 0 Å². The quantitative estimate of drug-likeness (QED) is 0.387. The normalized spacial score (nSPS) is 15.9. The Labute approximate surface area is 224 Å². The summed E-state index contributed by atoms with van der Waals surface area (Å²) >= 11 is 0. The fourth-order valence-electron chi connectivity index (χ4n) is 3.35. The van der Waals surface area contributed by atoms with E-state index in [9.17, 15) is 0 Å². The van der Waals surface area contributed by atoms with Crippen LogP contribution in [0, 0.1) is 11.8 Å². The van der Waals surface area contributed by atoms with E-state index >= 15 is 0 Å². The maximum absolute atomic E-state index is 4.00. The molecule has 3 aliphatic rings. The average molecular weight is 494 g/mol. The van der Waals surface area contributed by atoms with Crippen molar-refractivity contribution in [3.05, 3.63) is 109 Å². The third kappa shape index (κ3) is 12.7. The highest BCUT2D eigenvalue weighted by molar-refractivity contribution is 5.41. The molecule has 202 valence electrons. The van der Waals surface area contributed by atoms with Gasteiger partial charge in [0.05, 0.1) is 0 Å². The molecule has 0 bridgehead atoms. The summed E-state index contributed by atoms with van der Waals surface area (Å²) in [5.41, 5.74) is 5.98. The Balaban J connectivity index is 0. The van der Waals surface area contributed by atoms with Gasteiger partial charge in [-0.05, 0) is 66.7 Å². The zero-order valence-corrected chi connectivity index (χ0v) is 25.5. The van der Waals surface area contributed by atoms with Gasteiger partial charge in [-0.1, -0.05) is 87.3 Å². The summed E-state index contributed by atoms with van der Waals surface area (Å²) in [6.45, 7) is 32.9. The Morgan fingerprint density at radius 2 is 1.22 bits per heavy atom. The first-order valence-corrected chi connectivity index (χ1v) is 13.4. The van der Waals surface area contributed by atoms with Crippen LogP contribution in [0.25, 0.3) is 0 Å². The van der Waals surface area contributed by atoms with Crippen LogP contribution in [0.15, 0.2) is 109 Å². The van der Waals surface area contributed by atoms with Gasteiger partial charge in [-0.15, -0.1) is 0 Å². The molecule has 3 heteroatoms. The lowest BCUT2D eigenvalue weighted by molar-refractivity contribution is 0.394. The van der Waals surface area contributed by atoms with E-state index in [1.54, 1.807) is 0 Å². The molecule has 3 nitrogen and oxygen atoms in total. The van der Waals surface area contributed by atoms with Gasteiger partial charge in [0.1, 0.15) is 0 Å². The van der Waals surface area contributed by atoms with E-state index < -0.39 is 0 Å². The third-order valence-electron chi connectivity index (χ3n) is 5.35. The van der Waals surface area contributed by atoms with Crippen LogP contribution in [-0.2, 0) is 0 Å². The van der Waals surface area contributed by atoms with Crippen LogP contribution in [0.5, 0.6) is 0 Å². The molecule has 0 aromatic heterocycles. The van der Waals surface area contributed by atoms with Gasteiger partial charge < -0.3 is 14.7 Å². The minimum atomic E-state index is 0.508. The van der Waals surface area contributed by atoms with E-state index in [2.05, 4.69) is 100 Å². The Bertz CT molecular complexity index is 857. The van der Waals surface area contributed by atoms with Crippen molar-refractivity contribution in [2.75, 3.05) is 14.1 Å². The summed E-state index contributed by atoms with van der Waals surface area (Å²) in [5.74, 6) is 1.13. The van der Waals surface area contributed by atoms with Crippen molar-refractivity contribution in [2.24, 2.45) is 11.8 Å². The van der Waals surface area contributed by atoms with Gasteiger partial charge in [0, 0.05) is 56.3 Å². The highest BCUT2D eigenvalue weighted by Gasteiger charge is 2.11. The van der Waals surface area contributed by atoms with Gasteiger partial charge in [-0.3, -0.25) is 0 Å². The topological polar surface area (TPSA) is 9.72 Å². The lowest BCUT2D eigenvalue weighted by Gasteiger charge is -2.26. The Hall–Kier alpha value is -2.94. The summed E-state index contributed by atoms with van der Waals surface area (Å²) in [4.78, 5) is 6.25. The lowest BCUT2D eigenvalue weighted by atomic mass is 9.96. The minimum Gasteiger partial charge on any atom is -0.357 e.